The zero-order valence-corrected chi connectivity index (χ0v) is 10.7. The van der Waals surface area contributed by atoms with Gasteiger partial charge in [-0.25, -0.2) is 4.98 Å². The van der Waals surface area contributed by atoms with E-state index < -0.39 is 17.6 Å². The summed E-state index contributed by atoms with van der Waals surface area (Å²) in [5.74, 6) is -1.08. The Balaban J connectivity index is 2.14. The first kappa shape index (κ1) is 14.8. The molecule has 0 unspecified atom stereocenters. The third-order valence-electron chi connectivity index (χ3n) is 2.76. The number of carbonyl (C=O) groups is 1. The molecule has 0 aliphatic rings. The molecule has 0 aliphatic carbocycles. The first-order valence-corrected chi connectivity index (χ1v) is 5.97. The predicted molar refractivity (Wildman–Crippen MR) is 68.5 cm³/mol. The number of aromatic nitrogens is 1. The number of hydrogen-bond donors (Lipinski definition) is 2. The van der Waals surface area contributed by atoms with Crippen molar-refractivity contribution >= 4 is 5.91 Å². The molecule has 7 heteroatoms. The summed E-state index contributed by atoms with van der Waals surface area (Å²) >= 11 is 0. The van der Waals surface area contributed by atoms with Crippen LogP contribution in [0.25, 0.3) is 0 Å². The van der Waals surface area contributed by atoms with Crippen molar-refractivity contribution in [1.29, 1.82) is 0 Å². The van der Waals surface area contributed by atoms with Gasteiger partial charge in [0.1, 0.15) is 5.75 Å². The Bertz CT molecular complexity index is 657. The Hall–Kier alpha value is -2.57. The third kappa shape index (κ3) is 3.50. The zero-order chi connectivity index (χ0) is 15.5. The first-order chi connectivity index (χ1) is 9.89. The highest BCUT2D eigenvalue weighted by molar-refractivity contribution is 5.94. The Kier molecular flexibility index (Phi) is 4.11. The molecule has 0 saturated carbocycles. The number of carbonyl (C=O) groups excluding carboxylic acids is 1. The van der Waals surface area contributed by atoms with Gasteiger partial charge in [-0.05, 0) is 23.8 Å². The second-order valence-corrected chi connectivity index (χ2v) is 4.21. The minimum absolute atomic E-state index is 0.0613. The fourth-order valence-electron chi connectivity index (χ4n) is 1.78. The molecule has 0 aliphatic heterocycles. The lowest BCUT2D eigenvalue weighted by Crippen LogP contribution is -2.25. The lowest BCUT2D eigenvalue weighted by molar-refractivity contribution is -0.138. The van der Waals surface area contributed by atoms with Crippen LogP contribution in [-0.2, 0) is 12.7 Å². The summed E-state index contributed by atoms with van der Waals surface area (Å²) in [6.45, 7) is -0.315. The van der Waals surface area contributed by atoms with Crippen molar-refractivity contribution in [3.8, 4) is 5.75 Å². The molecule has 21 heavy (non-hydrogen) atoms. The lowest BCUT2D eigenvalue weighted by Gasteiger charge is -2.13. The van der Waals surface area contributed by atoms with Crippen LogP contribution in [-0.4, -0.2) is 16.0 Å². The van der Waals surface area contributed by atoms with Crippen LogP contribution >= 0.6 is 0 Å². The second-order valence-electron chi connectivity index (χ2n) is 4.21. The molecule has 1 heterocycles. The molecule has 1 amide bonds. The largest absolute Gasteiger partial charge is 0.505 e. The van der Waals surface area contributed by atoms with Gasteiger partial charge in [-0.1, -0.05) is 18.2 Å². The van der Waals surface area contributed by atoms with Gasteiger partial charge in [0.2, 0.25) is 0 Å². The van der Waals surface area contributed by atoms with E-state index in [1.54, 1.807) is 0 Å². The van der Waals surface area contributed by atoms with Crippen molar-refractivity contribution in [2.24, 2.45) is 0 Å². The maximum absolute atomic E-state index is 12.8. The quantitative estimate of drug-likeness (QED) is 0.915. The van der Waals surface area contributed by atoms with Gasteiger partial charge in [0.15, 0.2) is 5.69 Å². The number of rotatable bonds is 3. The maximum Gasteiger partial charge on any atom is 0.416 e. The number of hydrogen-bond acceptors (Lipinski definition) is 3. The van der Waals surface area contributed by atoms with E-state index in [-0.39, 0.29) is 23.6 Å². The molecule has 0 radical (unpaired) electrons. The van der Waals surface area contributed by atoms with Crippen molar-refractivity contribution in [3.63, 3.8) is 0 Å². The molecule has 0 spiro atoms. The SMILES string of the molecule is O=C(NCc1ccccc1C(F)(F)F)c1ncccc1O. The number of nitrogens with zero attached hydrogens (tertiary/aromatic N) is 1. The van der Waals surface area contributed by atoms with E-state index in [2.05, 4.69) is 10.3 Å². The molecule has 0 atom stereocenters. The summed E-state index contributed by atoms with van der Waals surface area (Å²) in [4.78, 5) is 15.5. The van der Waals surface area contributed by atoms with Crippen molar-refractivity contribution in [2.75, 3.05) is 0 Å². The van der Waals surface area contributed by atoms with Crippen molar-refractivity contribution in [2.45, 2.75) is 12.7 Å². The van der Waals surface area contributed by atoms with Crippen LogP contribution in [0.15, 0.2) is 42.6 Å². The van der Waals surface area contributed by atoms with E-state index in [4.69, 9.17) is 0 Å². The number of alkyl halides is 3. The molecule has 2 rings (SSSR count). The third-order valence-corrected chi connectivity index (χ3v) is 2.76. The highest BCUT2D eigenvalue weighted by Gasteiger charge is 2.32. The van der Waals surface area contributed by atoms with Crippen LogP contribution in [0.3, 0.4) is 0 Å². The molecular formula is C14H11F3N2O2. The molecule has 1 aromatic heterocycles. The molecule has 0 bridgehead atoms. The second kappa shape index (κ2) is 5.82. The number of nitrogens with one attached hydrogen (secondary N) is 1. The normalized spacial score (nSPS) is 11.2. The minimum Gasteiger partial charge on any atom is -0.505 e. The van der Waals surface area contributed by atoms with Crippen LogP contribution in [0, 0.1) is 0 Å². The first-order valence-electron chi connectivity index (χ1n) is 5.97. The Morgan fingerprint density at radius 3 is 2.57 bits per heavy atom. The van der Waals surface area contributed by atoms with Crippen LogP contribution in [0.4, 0.5) is 13.2 Å². The van der Waals surface area contributed by atoms with Gasteiger partial charge in [0.05, 0.1) is 5.56 Å². The molecule has 2 N–H and O–H groups in total. The van der Waals surface area contributed by atoms with Crippen LogP contribution in [0.1, 0.15) is 21.6 Å². The lowest BCUT2D eigenvalue weighted by atomic mass is 10.1. The minimum atomic E-state index is -4.49. The molecule has 110 valence electrons. The standard InChI is InChI=1S/C14H11F3N2O2/c15-14(16,17)10-5-2-1-4-9(10)8-19-13(21)12-11(20)6-3-7-18-12/h1-7,20H,8H2,(H,19,21). The summed E-state index contributed by atoms with van der Waals surface area (Å²) in [6.07, 6.45) is -3.19. The van der Waals surface area contributed by atoms with Crippen molar-refractivity contribution in [3.05, 3.63) is 59.4 Å². The molecule has 4 nitrogen and oxygen atoms in total. The zero-order valence-electron chi connectivity index (χ0n) is 10.7. The average Bonchev–Trinajstić information content (AvgIpc) is 2.44. The van der Waals surface area contributed by atoms with Gasteiger partial charge in [-0.15, -0.1) is 0 Å². The number of halogens is 3. The van der Waals surface area contributed by atoms with E-state index in [9.17, 15) is 23.1 Å². The molecule has 0 fully saturated rings. The van der Waals surface area contributed by atoms with Gasteiger partial charge >= 0.3 is 6.18 Å². The fraction of sp³-hybridized carbons (Fsp3) is 0.143. The Labute approximate surface area is 118 Å². The predicted octanol–water partition coefficient (Wildman–Crippen LogP) is 2.74. The molecule has 1 aromatic carbocycles. The van der Waals surface area contributed by atoms with Gasteiger partial charge in [0.25, 0.3) is 5.91 Å². The van der Waals surface area contributed by atoms with Crippen LogP contribution in [0.2, 0.25) is 0 Å². The molecule has 2 aromatic rings. The summed E-state index contributed by atoms with van der Waals surface area (Å²) in [6, 6.07) is 7.66. The highest BCUT2D eigenvalue weighted by atomic mass is 19.4. The maximum atomic E-state index is 12.8. The molecular weight excluding hydrogens is 285 g/mol. The average molecular weight is 296 g/mol. The summed E-state index contributed by atoms with van der Waals surface area (Å²) in [5.41, 5.74) is -1.11. The van der Waals surface area contributed by atoms with Crippen molar-refractivity contribution < 1.29 is 23.1 Å². The van der Waals surface area contributed by atoms with Gasteiger partial charge in [0, 0.05) is 12.7 Å². The van der Waals surface area contributed by atoms with Crippen molar-refractivity contribution in [1.82, 2.24) is 10.3 Å². The van der Waals surface area contributed by atoms with Crippen LogP contribution < -0.4 is 5.32 Å². The number of aromatic hydroxyl groups is 1. The van der Waals surface area contributed by atoms with E-state index in [0.717, 1.165) is 6.07 Å². The van der Waals surface area contributed by atoms with E-state index >= 15 is 0 Å². The summed E-state index contributed by atoms with van der Waals surface area (Å²) < 4.78 is 38.4. The van der Waals surface area contributed by atoms with Crippen LogP contribution in [0.5, 0.6) is 5.75 Å². The van der Waals surface area contributed by atoms with Gasteiger partial charge in [-0.3, -0.25) is 4.79 Å². The monoisotopic (exact) mass is 296 g/mol. The number of amides is 1. The van der Waals surface area contributed by atoms with E-state index in [1.807, 2.05) is 0 Å². The molecule has 0 saturated heterocycles. The van der Waals surface area contributed by atoms with Gasteiger partial charge in [-0.2, -0.15) is 13.2 Å². The summed E-state index contributed by atoms with van der Waals surface area (Å²) in [5, 5.41) is 11.8. The van der Waals surface area contributed by atoms with E-state index in [1.165, 1.54) is 36.5 Å². The van der Waals surface area contributed by atoms with E-state index in [0.29, 0.717) is 0 Å². The highest BCUT2D eigenvalue weighted by Crippen LogP contribution is 2.31. The number of benzene rings is 1. The topological polar surface area (TPSA) is 62.2 Å². The summed E-state index contributed by atoms with van der Waals surface area (Å²) in [7, 11) is 0. The number of pyridine rings is 1. The Morgan fingerprint density at radius 1 is 1.19 bits per heavy atom. The fourth-order valence-corrected chi connectivity index (χ4v) is 1.78. The van der Waals surface area contributed by atoms with Gasteiger partial charge < -0.3 is 10.4 Å². The smallest absolute Gasteiger partial charge is 0.416 e. The Morgan fingerprint density at radius 2 is 1.90 bits per heavy atom.